The first-order chi connectivity index (χ1) is 12.0. The van der Waals surface area contributed by atoms with Crippen LogP contribution < -0.4 is 4.90 Å². The van der Waals surface area contributed by atoms with E-state index in [1.165, 1.54) is 0 Å². The summed E-state index contributed by atoms with van der Waals surface area (Å²) >= 11 is 0. The summed E-state index contributed by atoms with van der Waals surface area (Å²) in [5.74, 6) is 0.0627. The molecule has 0 saturated carbocycles. The molecule has 1 aliphatic rings. The average molecular weight is 335 g/mol. The molecule has 0 radical (unpaired) electrons. The highest BCUT2D eigenvalue weighted by Crippen LogP contribution is 2.22. The van der Waals surface area contributed by atoms with Crippen molar-refractivity contribution in [1.82, 2.24) is 19.5 Å². The normalized spacial score (nSPS) is 13.8. The van der Waals surface area contributed by atoms with E-state index in [1.807, 2.05) is 71.9 Å². The number of anilines is 1. The molecule has 0 unspecified atom stereocenters. The zero-order chi connectivity index (χ0) is 17.6. The van der Waals surface area contributed by atoms with Crippen LogP contribution >= 0.6 is 0 Å². The molecule has 6 heteroatoms. The van der Waals surface area contributed by atoms with Crippen LogP contribution in [0.25, 0.3) is 5.65 Å². The van der Waals surface area contributed by atoms with Crippen molar-refractivity contribution in [2.24, 2.45) is 0 Å². The molecular weight excluding hydrogens is 314 g/mol. The number of aromatic nitrogens is 3. The van der Waals surface area contributed by atoms with Crippen LogP contribution in [0.5, 0.6) is 0 Å². The van der Waals surface area contributed by atoms with Crippen LogP contribution in [-0.2, 0) is 13.0 Å². The Bertz CT molecular complexity index is 942. The van der Waals surface area contributed by atoms with E-state index in [4.69, 9.17) is 0 Å². The maximum Gasteiger partial charge on any atom is 0.254 e. The second-order valence-electron chi connectivity index (χ2n) is 6.70. The molecule has 4 rings (SSSR count). The number of hydrogen-bond acceptors (Lipinski definition) is 4. The van der Waals surface area contributed by atoms with Gasteiger partial charge in [0.1, 0.15) is 0 Å². The molecule has 128 valence electrons. The summed E-state index contributed by atoms with van der Waals surface area (Å²) < 4.78 is 1.92. The summed E-state index contributed by atoms with van der Waals surface area (Å²) in [6, 6.07) is 9.71. The van der Waals surface area contributed by atoms with Crippen LogP contribution in [0, 0.1) is 6.92 Å². The summed E-state index contributed by atoms with van der Waals surface area (Å²) in [5, 5.41) is 4.53. The predicted octanol–water partition coefficient (Wildman–Crippen LogP) is 2.30. The van der Waals surface area contributed by atoms with Crippen molar-refractivity contribution in [3.05, 3.63) is 59.0 Å². The minimum absolute atomic E-state index is 0.0627. The molecule has 1 amide bonds. The van der Waals surface area contributed by atoms with E-state index >= 15 is 0 Å². The van der Waals surface area contributed by atoms with E-state index < -0.39 is 0 Å². The van der Waals surface area contributed by atoms with Crippen molar-refractivity contribution in [3.63, 3.8) is 0 Å². The molecule has 3 heterocycles. The lowest BCUT2D eigenvalue weighted by Gasteiger charge is -2.29. The lowest BCUT2D eigenvalue weighted by Crippen LogP contribution is -2.37. The molecule has 0 spiro atoms. The van der Waals surface area contributed by atoms with Gasteiger partial charge in [0.2, 0.25) is 0 Å². The maximum atomic E-state index is 12.8. The standard InChI is InChI=1S/C19H21N5O/c1-13-10-18-20-11-15-12-23(9-8-17(15)24(18)21-13)19(25)14-4-6-16(7-5-14)22(2)3/h4-7,10-11H,8-9,12H2,1-3H3. The number of carbonyl (C=O) groups excluding carboxylic acids is 1. The van der Waals surface area contributed by atoms with Crippen LogP contribution in [0.2, 0.25) is 0 Å². The molecule has 25 heavy (non-hydrogen) atoms. The minimum Gasteiger partial charge on any atom is -0.378 e. The fraction of sp³-hybridized carbons (Fsp3) is 0.316. The first-order valence-electron chi connectivity index (χ1n) is 8.43. The molecule has 0 atom stereocenters. The van der Waals surface area contributed by atoms with E-state index in [0.717, 1.165) is 40.3 Å². The van der Waals surface area contributed by atoms with Gasteiger partial charge in [-0.3, -0.25) is 4.79 Å². The van der Waals surface area contributed by atoms with E-state index in [-0.39, 0.29) is 5.91 Å². The molecule has 0 aliphatic carbocycles. The van der Waals surface area contributed by atoms with E-state index in [1.54, 1.807) is 0 Å². The average Bonchev–Trinajstić information content (AvgIpc) is 3.01. The van der Waals surface area contributed by atoms with E-state index in [9.17, 15) is 4.79 Å². The maximum absolute atomic E-state index is 12.8. The van der Waals surface area contributed by atoms with Crippen LogP contribution in [0.15, 0.2) is 36.5 Å². The van der Waals surface area contributed by atoms with Gasteiger partial charge in [-0.1, -0.05) is 0 Å². The SMILES string of the molecule is Cc1cc2ncc3c(n2n1)CCN(C(=O)c1ccc(N(C)C)cc1)C3. The Morgan fingerprint density at radius 1 is 1.20 bits per heavy atom. The summed E-state index contributed by atoms with van der Waals surface area (Å²) in [5.41, 5.74) is 5.86. The minimum atomic E-state index is 0.0627. The molecule has 0 bridgehead atoms. The summed E-state index contributed by atoms with van der Waals surface area (Å²) in [4.78, 5) is 21.2. The molecule has 1 aliphatic heterocycles. The number of amides is 1. The van der Waals surface area contributed by atoms with Crippen molar-refractivity contribution in [3.8, 4) is 0 Å². The molecular formula is C19H21N5O. The highest BCUT2D eigenvalue weighted by Gasteiger charge is 2.24. The van der Waals surface area contributed by atoms with Gasteiger partial charge < -0.3 is 9.80 Å². The van der Waals surface area contributed by atoms with Crippen molar-refractivity contribution < 1.29 is 4.79 Å². The largest absolute Gasteiger partial charge is 0.378 e. The highest BCUT2D eigenvalue weighted by molar-refractivity contribution is 5.94. The number of rotatable bonds is 2. The second-order valence-corrected chi connectivity index (χ2v) is 6.70. The Morgan fingerprint density at radius 2 is 1.96 bits per heavy atom. The number of hydrogen-bond donors (Lipinski definition) is 0. The summed E-state index contributed by atoms with van der Waals surface area (Å²) in [6.45, 7) is 3.24. The Balaban J connectivity index is 1.59. The Hall–Kier alpha value is -2.89. The smallest absolute Gasteiger partial charge is 0.254 e. The molecule has 1 aromatic carbocycles. The third-order valence-corrected chi connectivity index (χ3v) is 4.69. The van der Waals surface area contributed by atoms with Gasteiger partial charge in [-0.15, -0.1) is 0 Å². The fourth-order valence-electron chi connectivity index (χ4n) is 3.31. The third-order valence-electron chi connectivity index (χ3n) is 4.69. The molecule has 2 aromatic heterocycles. The first-order valence-corrected chi connectivity index (χ1v) is 8.43. The van der Waals surface area contributed by atoms with Gasteiger partial charge in [0, 0.05) is 62.7 Å². The number of benzene rings is 1. The van der Waals surface area contributed by atoms with Gasteiger partial charge in [0.15, 0.2) is 5.65 Å². The highest BCUT2D eigenvalue weighted by atomic mass is 16.2. The van der Waals surface area contributed by atoms with Gasteiger partial charge in [0.25, 0.3) is 5.91 Å². The lowest BCUT2D eigenvalue weighted by molar-refractivity contribution is 0.0732. The molecule has 0 N–H and O–H groups in total. The second kappa shape index (κ2) is 5.88. The monoisotopic (exact) mass is 335 g/mol. The van der Waals surface area contributed by atoms with Crippen molar-refractivity contribution >= 4 is 17.2 Å². The Labute approximate surface area is 146 Å². The number of nitrogens with zero attached hydrogens (tertiary/aromatic N) is 5. The molecule has 6 nitrogen and oxygen atoms in total. The van der Waals surface area contributed by atoms with Gasteiger partial charge in [0.05, 0.1) is 11.4 Å². The number of carbonyl (C=O) groups is 1. The van der Waals surface area contributed by atoms with E-state index in [0.29, 0.717) is 13.1 Å². The summed E-state index contributed by atoms with van der Waals surface area (Å²) in [7, 11) is 3.98. The summed E-state index contributed by atoms with van der Waals surface area (Å²) in [6.07, 6.45) is 2.66. The quantitative estimate of drug-likeness (QED) is 0.721. The van der Waals surface area contributed by atoms with Gasteiger partial charge in [-0.2, -0.15) is 5.10 Å². The fourth-order valence-corrected chi connectivity index (χ4v) is 3.31. The lowest BCUT2D eigenvalue weighted by atomic mass is 10.1. The third kappa shape index (κ3) is 2.73. The van der Waals surface area contributed by atoms with Crippen molar-refractivity contribution in [2.45, 2.75) is 19.9 Å². The van der Waals surface area contributed by atoms with Crippen LogP contribution in [0.3, 0.4) is 0 Å². The van der Waals surface area contributed by atoms with Gasteiger partial charge in [-0.05, 0) is 31.2 Å². The zero-order valence-corrected chi connectivity index (χ0v) is 14.7. The topological polar surface area (TPSA) is 53.7 Å². The zero-order valence-electron chi connectivity index (χ0n) is 14.7. The first kappa shape index (κ1) is 15.6. The molecule has 0 saturated heterocycles. The molecule has 3 aromatic rings. The Kier molecular flexibility index (Phi) is 3.67. The van der Waals surface area contributed by atoms with Crippen LogP contribution in [0.4, 0.5) is 5.69 Å². The van der Waals surface area contributed by atoms with Crippen LogP contribution in [-0.4, -0.2) is 46.0 Å². The Morgan fingerprint density at radius 3 is 2.68 bits per heavy atom. The van der Waals surface area contributed by atoms with E-state index in [2.05, 4.69) is 10.1 Å². The molecule has 0 fully saturated rings. The van der Waals surface area contributed by atoms with Crippen molar-refractivity contribution in [2.75, 3.05) is 25.5 Å². The van der Waals surface area contributed by atoms with Gasteiger partial charge in [-0.25, -0.2) is 9.50 Å². The number of aryl methyl sites for hydroxylation is 1. The van der Waals surface area contributed by atoms with Gasteiger partial charge >= 0.3 is 0 Å². The van der Waals surface area contributed by atoms with Crippen molar-refractivity contribution in [1.29, 1.82) is 0 Å². The number of fused-ring (bicyclic) bond motifs is 3. The van der Waals surface area contributed by atoms with Crippen LogP contribution in [0.1, 0.15) is 27.3 Å². The predicted molar refractivity (Wildman–Crippen MR) is 96.9 cm³/mol.